The van der Waals surface area contributed by atoms with Crippen molar-refractivity contribution in [3.05, 3.63) is 227 Å². The van der Waals surface area contributed by atoms with Gasteiger partial charge in [0.2, 0.25) is 0 Å². The van der Waals surface area contributed by atoms with Gasteiger partial charge in [-0.25, -0.2) is 0 Å². The van der Waals surface area contributed by atoms with Crippen LogP contribution in [0.25, 0.3) is 121 Å². The van der Waals surface area contributed by atoms with Gasteiger partial charge in [-0.3, -0.25) is 0 Å². The number of hydrogen-bond donors (Lipinski definition) is 0. The molecule has 0 bridgehead atoms. The standard InChI is InChI=1S/C60H36Br2/c61-44-32-51-47-23-13-14-24-48(47)52-33-45(62)35-55-59(52)58(51)54(34-44)57-49(40-19-9-3-10-20-40)36-53(56(60(55)57)42-21-11-4-12-22-42)50-31-43(38-17-7-2-8-18-38)29-30-46(50)41-27-25-39(26-28-41)37-15-5-1-6-16-37/h1-36H. The summed E-state index contributed by atoms with van der Waals surface area (Å²) >= 11 is 8.09. The van der Waals surface area contributed by atoms with Crippen LogP contribution in [0.15, 0.2) is 227 Å². The second-order valence-electron chi connectivity index (χ2n) is 16.2. The fraction of sp³-hybridized carbons (Fsp3) is 0. The normalized spacial score (nSPS) is 11.7. The first kappa shape index (κ1) is 37.0. The maximum absolute atomic E-state index is 4.06. The molecule has 0 radical (unpaired) electrons. The second kappa shape index (κ2) is 15.0. The van der Waals surface area contributed by atoms with E-state index < -0.39 is 0 Å². The second-order valence-corrected chi connectivity index (χ2v) is 18.0. The molecule has 0 unspecified atom stereocenters. The molecule has 0 aliphatic heterocycles. The summed E-state index contributed by atoms with van der Waals surface area (Å²) in [6.45, 7) is 0. The van der Waals surface area contributed by atoms with Crippen LogP contribution in [0.2, 0.25) is 0 Å². The summed E-state index contributed by atoms with van der Waals surface area (Å²) in [6, 6.07) is 80.4. The van der Waals surface area contributed by atoms with Crippen LogP contribution < -0.4 is 0 Å². The summed E-state index contributed by atoms with van der Waals surface area (Å²) in [4.78, 5) is 0. The molecule has 12 aromatic carbocycles. The lowest BCUT2D eigenvalue weighted by atomic mass is 9.78. The smallest absolute Gasteiger partial charge is 0.0188 e. The van der Waals surface area contributed by atoms with Gasteiger partial charge in [0, 0.05) is 8.95 Å². The third kappa shape index (κ3) is 6.01. The summed E-state index contributed by atoms with van der Waals surface area (Å²) in [5, 5.41) is 12.6. The van der Waals surface area contributed by atoms with Crippen LogP contribution in [-0.4, -0.2) is 0 Å². The lowest BCUT2D eigenvalue weighted by Gasteiger charge is -2.25. The van der Waals surface area contributed by atoms with E-state index in [2.05, 4.69) is 250 Å². The Kier molecular flexibility index (Phi) is 8.92. The van der Waals surface area contributed by atoms with Crippen LogP contribution >= 0.6 is 31.9 Å². The van der Waals surface area contributed by atoms with Crippen LogP contribution in [0.3, 0.4) is 0 Å². The van der Waals surface area contributed by atoms with Crippen molar-refractivity contribution >= 4 is 85.7 Å². The zero-order valence-electron chi connectivity index (χ0n) is 33.5. The van der Waals surface area contributed by atoms with Gasteiger partial charge in [-0.05, 0) is 157 Å². The van der Waals surface area contributed by atoms with Crippen LogP contribution in [0, 0.1) is 0 Å². The van der Waals surface area contributed by atoms with E-state index in [1.165, 1.54) is 121 Å². The molecule has 0 nitrogen and oxygen atoms in total. The topological polar surface area (TPSA) is 0 Å². The van der Waals surface area contributed by atoms with Crippen LogP contribution in [0.1, 0.15) is 0 Å². The zero-order valence-corrected chi connectivity index (χ0v) is 36.7. The maximum Gasteiger partial charge on any atom is 0.0188 e. The molecule has 62 heavy (non-hydrogen) atoms. The first-order valence-corrected chi connectivity index (χ1v) is 22.6. The summed E-state index contributed by atoms with van der Waals surface area (Å²) in [5.41, 5.74) is 14.3. The van der Waals surface area contributed by atoms with Crippen molar-refractivity contribution in [3.8, 4) is 66.8 Å². The molecule has 0 N–H and O–H groups in total. The largest absolute Gasteiger partial charge is 0.0622 e. The van der Waals surface area contributed by atoms with E-state index in [0.717, 1.165) is 8.95 Å². The quantitative estimate of drug-likeness (QED) is 0.115. The lowest BCUT2D eigenvalue weighted by molar-refractivity contribution is 1.55. The SMILES string of the molecule is Brc1cc2c3ccccc3c3cc(Br)cc4c5c(-c6ccccc6)c(-c6cc(-c7ccccc7)ccc6-c6ccc(-c7ccccc7)cc6)cc(-c6ccccc6)c5c(c1)c2c34. The Bertz CT molecular complexity index is 3650. The first-order chi connectivity index (χ1) is 30.6. The summed E-state index contributed by atoms with van der Waals surface area (Å²) in [5.74, 6) is 0. The van der Waals surface area contributed by atoms with Crippen LogP contribution in [0.4, 0.5) is 0 Å². The van der Waals surface area contributed by atoms with Gasteiger partial charge in [0.15, 0.2) is 0 Å². The van der Waals surface area contributed by atoms with E-state index in [1.807, 2.05) is 0 Å². The third-order valence-corrected chi connectivity index (χ3v) is 13.6. The molecule has 290 valence electrons. The van der Waals surface area contributed by atoms with Crippen molar-refractivity contribution < 1.29 is 0 Å². The number of fused-ring (bicyclic) bond motifs is 6. The van der Waals surface area contributed by atoms with Crippen molar-refractivity contribution in [1.82, 2.24) is 0 Å². The van der Waals surface area contributed by atoms with Gasteiger partial charge in [0.1, 0.15) is 0 Å². The summed E-state index contributed by atoms with van der Waals surface area (Å²) < 4.78 is 2.13. The molecule has 0 fully saturated rings. The molecule has 0 saturated carbocycles. The van der Waals surface area contributed by atoms with E-state index >= 15 is 0 Å². The average molecular weight is 917 g/mol. The van der Waals surface area contributed by atoms with Gasteiger partial charge >= 0.3 is 0 Å². The zero-order chi connectivity index (χ0) is 41.3. The highest BCUT2D eigenvalue weighted by atomic mass is 79.9. The van der Waals surface area contributed by atoms with Gasteiger partial charge in [-0.2, -0.15) is 0 Å². The van der Waals surface area contributed by atoms with Crippen molar-refractivity contribution in [3.63, 3.8) is 0 Å². The molecule has 0 aliphatic carbocycles. The fourth-order valence-electron chi connectivity index (χ4n) is 10.0. The van der Waals surface area contributed by atoms with Crippen molar-refractivity contribution in [2.24, 2.45) is 0 Å². The van der Waals surface area contributed by atoms with Crippen LogP contribution in [0.5, 0.6) is 0 Å². The fourth-order valence-corrected chi connectivity index (χ4v) is 10.9. The highest BCUT2D eigenvalue weighted by Gasteiger charge is 2.26. The van der Waals surface area contributed by atoms with Gasteiger partial charge in [0.25, 0.3) is 0 Å². The predicted octanol–water partition coefficient (Wildman–Crippen LogP) is 18.4. The van der Waals surface area contributed by atoms with Gasteiger partial charge in [-0.1, -0.05) is 214 Å². The number of rotatable bonds is 6. The highest BCUT2D eigenvalue weighted by Crippen LogP contribution is 2.54. The van der Waals surface area contributed by atoms with Gasteiger partial charge < -0.3 is 0 Å². The highest BCUT2D eigenvalue weighted by molar-refractivity contribution is 9.10. The Labute approximate surface area is 377 Å². The first-order valence-electron chi connectivity index (χ1n) is 21.0. The molecule has 0 amide bonds. The van der Waals surface area contributed by atoms with E-state index in [-0.39, 0.29) is 0 Å². The number of benzene rings is 12. The monoisotopic (exact) mass is 914 g/mol. The number of hydrogen-bond acceptors (Lipinski definition) is 0. The molecular formula is C60H36Br2. The van der Waals surface area contributed by atoms with Crippen LogP contribution in [-0.2, 0) is 0 Å². The maximum atomic E-state index is 4.06. The average Bonchev–Trinajstić information content (AvgIpc) is 3.34. The Morgan fingerprint density at radius 2 is 0.613 bits per heavy atom. The molecule has 0 heterocycles. The molecule has 0 atom stereocenters. The molecule has 0 aliphatic rings. The van der Waals surface area contributed by atoms with E-state index in [1.54, 1.807) is 0 Å². The summed E-state index contributed by atoms with van der Waals surface area (Å²) in [7, 11) is 0. The van der Waals surface area contributed by atoms with Crippen molar-refractivity contribution in [1.29, 1.82) is 0 Å². The molecule has 12 rings (SSSR count). The van der Waals surface area contributed by atoms with E-state index in [9.17, 15) is 0 Å². The molecule has 0 saturated heterocycles. The molecule has 0 aromatic heterocycles. The molecule has 12 aromatic rings. The number of halogens is 2. The minimum Gasteiger partial charge on any atom is -0.0622 e. The Hall–Kier alpha value is -6.84. The predicted molar refractivity (Wildman–Crippen MR) is 273 cm³/mol. The van der Waals surface area contributed by atoms with E-state index in [0.29, 0.717) is 0 Å². The minimum atomic E-state index is 1.06. The molecule has 0 spiro atoms. The van der Waals surface area contributed by atoms with Gasteiger partial charge in [0.05, 0.1) is 0 Å². The van der Waals surface area contributed by atoms with Crippen molar-refractivity contribution in [2.75, 3.05) is 0 Å². The summed E-state index contributed by atoms with van der Waals surface area (Å²) in [6.07, 6.45) is 0. The third-order valence-electron chi connectivity index (χ3n) is 12.7. The lowest BCUT2D eigenvalue weighted by Crippen LogP contribution is -1.98. The Morgan fingerprint density at radius 3 is 1.18 bits per heavy atom. The Morgan fingerprint density at radius 1 is 0.210 bits per heavy atom. The minimum absolute atomic E-state index is 1.06. The molecular weight excluding hydrogens is 880 g/mol. The van der Waals surface area contributed by atoms with Crippen molar-refractivity contribution in [2.45, 2.75) is 0 Å². The van der Waals surface area contributed by atoms with Gasteiger partial charge in [-0.15, -0.1) is 0 Å². The Balaban J connectivity index is 1.30. The van der Waals surface area contributed by atoms with E-state index in [4.69, 9.17) is 0 Å². The molecule has 2 heteroatoms.